The van der Waals surface area contributed by atoms with Crippen LogP contribution in [-0.2, 0) is 0 Å². The van der Waals surface area contributed by atoms with E-state index in [1.54, 1.807) is 12.1 Å². The van der Waals surface area contributed by atoms with Gasteiger partial charge in [0.25, 0.3) is 0 Å². The summed E-state index contributed by atoms with van der Waals surface area (Å²) in [7, 11) is 0. The number of hydrogen-bond donors (Lipinski definition) is 2. The topological polar surface area (TPSA) is 49.3 Å². The van der Waals surface area contributed by atoms with Crippen molar-refractivity contribution < 1.29 is 9.90 Å². The van der Waals surface area contributed by atoms with E-state index in [0.29, 0.717) is 17.5 Å². The molecule has 1 aromatic carbocycles. The largest absolute Gasteiger partial charge is 0.478 e. The van der Waals surface area contributed by atoms with Gasteiger partial charge < -0.3 is 10.4 Å². The molecular weight excluding hydrogens is 226 g/mol. The fourth-order valence-electron chi connectivity index (χ4n) is 2.88. The molecule has 3 nitrogen and oxygen atoms in total. The number of carbonyl (C=O) groups is 1. The van der Waals surface area contributed by atoms with Crippen LogP contribution in [0.4, 0.5) is 5.69 Å². The van der Waals surface area contributed by atoms with Crippen LogP contribution in [0.3, 0.4) is 0 Å². The fraction of sp³-hybridized carbons (Fsp3) is 0.533. The number of carboxylic acid groups (broad SMARTS) is 1. The van der Waals surface area contributed by atoms with Crippen molar-refractivity contribution in [2.75, 3.05) is 5.32 Å². The smallest absolute Gasteiger partial charge is 0.337 e. The Morgan fingerprint density at radius 1 is 1.28 bits per heavy atom. The lowest BCUT2D eigenvalue weighted by molar-refractivity contribution is 0.0697. The van der Waals surface area contributed by atoms with Gasteiger partial charge in [-0.2, -0.15) is 0 Å². The Bertz CT molecular complexity index is 430. The molecule has 0 heterocycles. The van der Waals surface area contributed by atoms with Crippen LogP contribution in [-0.4, -0.2) is 17.1 Å². The van der Waals surface area contributed by atoms with Crippen LogP contribution in [0.2, 0.25) is 0 Å². The number of para-hydroxylation sites is 1. The van der Waals surface area contributed by atoms with Gasteiger partial charge in [0.1, 0.15) is 0 Å². The van der Waals surface area contributed by atoms with Crippen molar-refractivity contribution in [1.82, 2.24) is 0 Å². The highest BCUT2D eigenvalue weighted by molar-refractivity contribution is 5.94. The molecule has 3 heteroatoms. The second kappa shape index (κ2) is 5.42. The monoisotopic (exact) mass is 247 g/mol. The normalized spacial score (nSPS) is 27.8. The number of carboxylic acids is 1. The summed E-state index contributed by atoms with van der Waals surface area (Å²) in [5.41, 5.74) is 1.11. The van der Waals surface area contributed by atoms with Crippen molar-refractivity contribution >= 4 is 11.7 Å². The van der Waals surface area contributed by atoms with Crippen molar-refractivity contribution in [3.63, 3.8) is 0 Å². The average Bonchev–Trinajstić information content (AvgIpc) is 2.33. The Kier molecular flexibility index (Phi) is 3.90. The molecule has 1 saturated carbocycles. The Balaban J connectivity index is 2.12. The lowest BCUT2D eigenvalue weighted by atomic mass is 9.80. The van der Waals surface area contributed by atoms with Crippen LogP contribution in [0, 0.1) is 11.8 Å². The Morgan fingerprint density at radius 2 is 2.00 bits per heavy atom. The zero-order valence-electron chi connectivity index (χ0n) is 11.0. The fourth-order valence-corrected chi connectivity index (χ4v) is 2.88. The summed E-state index contributed by atoms with van der Waals surface area (Å²) in [6.45, 7) is 4.54. The van der Waals surface area contributed by atoms with E-state index in [1.807, 2.05) is 12.1 Å². The number of anilines is 1. The van der Waals surface area contributed by atoms with E-state index < -0.39 is 5.97 Å². The number of rotatable bonds is 3. The highest BCUT2D eigenvalue weighted by atomic mass is 16.4. The second-order valence-corrected chi connectivity index (χ2v) is 5.50. The van der Waals surface area contributed by atoms with Crippen LogP contribution < -0.4 is 5.32 Å². The van der Waals surface area contributed by atoms with Gasteiger partial charge in [-0.3, -0.25) is 0 Å². The number of benzene rings is 1. The van der Waals surface area contributed by atoms with Crippen molar-refractivity contribution in [3.05, 3.63) is 29.8 Å². The highest BCUT2D eigenvalue weighted by Gasteiger charge is 2.26. The summed E-state index contributed by atoms with van der Waals surface area (Å²) in [6, 6.07) is 7.54. The van der Waals surface area contributed by atoms with Gasteiger partial charge >= 0.3 is 5.97 Å². The molecule has 1 aliphatic carbocycles. The number of aromatic carboxylic acids is 1. The zero-order valence-corrected chi connectivity index (χ0v) is 11.0. The van der Waals surface area contributed by atoms with Gasteiger partial charge in [0, 0.05) is 11.7 Å². The predicted octanol–water partition coefficient (Wildman–Crippen LogP) is 3.62. The minimum atomic E-state index is -0.866. The Morgan fingerprint density at radius 3 is 2.67 bits per heavy atom. The van der Waals surface area contributed by atoms with Crippen molar-refractivity contribution in [3.8, 4) is 0 Å². The molecule has 0 aliphatic heterocycles. The zero-order chi connectivity index (χ0) is 13.1. The summed E-state index contributed by atoms with van der Waals surface area (Å²) in [5, 5.41) is 12.6. The third kappa shape index (κ3) is 2.84. The first-order valence-corrected chi connectivity index (χ1v) is 6.66. The van der Waals surface area contributed by atoms with Crippen molar-refractivity contribution in [2.24, 2.45) is 11.8 Å². The molecule has 0 radical (unpaired) electrons. The van der Waals surface area contributed by atoms with Crippen molar-refractivity contribution in [2.45, 2.75) is 39.2 Å². The molecule has 3 unspecified atom stereocenters. The first-order valence-electron chi connectivity index (χ1n) is 6.66. The third-order valence-electron chi connectivity index (χ3n) is 3.93. The van der Waals surface area contributed by atoms with Gasteiger partial charge in [0.15, 0.2) is 0 Å². The van der Waals surface area contributed by atoms with Gasteiger partial charge in [0.2, 0.25) is 0 Å². The first kappa shape index (κ1) is 12.9. The molecule has 2 N–H and O–H groups in total. The molecule has 98 valence electrons. The van der Waals surface area contributed by atoms with Gasteiger partial charge in [-0.1, -0.05) is 26.0 Å². The van der Waals surface area contributed by atoms with Gasteiger partial charge in [0.05, 0.1) is 5.56 Å². The lowest BCUT2D eigenvalue weighted by Crippen LogP contribution is -2.33. The van der Waals surface area contributed by atoms with Crippen LogP contribution >= 0.6 is 0 Å². The number of nitrogens with one attached hydrogen (secondary N) is 1. The van der Waals surface area contributed by atoms with Gasteiger partial charge in [-0.15, -0.1) is 0 Å². The van der Waals surface area contributed by atoms with Crippen LogP contribution in [0.5, 0.6) is 0 Å². The van der Waals surface area contributed by atoms with Crippen LogP contribution in [0.15, 0.2) is 24.3 Å². The van der Waals surface area contributed by atoms with Gasteiger partial charge in [-0.25, -0.2) is 4.79 Å². The third-order valence-corrected chi connectivity index (χ3v) is 3.93. The Labute approximate surface area is 108 Å². The minimum Gasteiger partial charge on any atom is -0.478 e. The second-order valence-electron chi connectivity index (χ2n) is 5.50. The molecule has 0 amide bonds. The maximum atomic E-state index is 11.2. The van der Waals surface area contributed by atoms with E-state index in [1.165, 1.54) is 12.8 Å². The molecule has 18 heavy (non-hydrogen) atoms. The average molecular weight is 247 g/mol. The van der Waals surface area contributed by atoms with E-state index in [-0.39, 0.29) is 0 Å². The van der Waals surface area contributed by atoms with Crippen LogP contribution in [0.25, 0.3) is 0 Å². The molecule has 0 aromatic heterocycles. The molecule has 2 rings (SSSR count). The molecule has 0 bridgehead atoms. The quantitative estimate of drug-likeness (QED) is 0.857. The summed E-state index contributed by atoms with van der Waals surface area (Å²) < 4.78 is 0. The molecule has 1 aliphatic rings. The minimum absolute atomic E-state index is 0.364. The molecule has 1 aromatic rings. The summed E-state index contributed by atoms with van der Waals surface area (Å²) >= 11 is 0. The summed E-state index contributed by atoms with van der Waals surface area (Å²) in [4.78, 5) is 11.2. The maximum Gasteiger partial charge on any atom is 0.337 e. The summed E-state index contributed by atoms with van der Waals surface area (Å²) in [6.07, 6.45) is 3.56. The summed E-state index contributed by atoms with van der Waals surface area (Å²) in [5.74, 6) is 0.512. The SMILES string of the molecule is CC1CCC(Nc2ccccc2C(=O)O)C(C)C1. The van der Waals surface area contributed by atoms with Crippen LogP contribution in [0.1, 0.15) is 43.5 Å². The first-order chi connectivity index (χ1) is 8.58. The standard InChI is InChI=1S/C15H21NO2/c1-10-7-8-13(11(2)9-10)16-14-6-4-3-5-12(14)15(17)18/h3-6,10-11,13,16H,7-9H2,1-2H3,(H,17,18). The predicted molar refractivity (Wildman–Crippen MR) is 73.0 cm³/mol. The number of hydrogen-bond acceptors (Lipinski definition) is 2. The lowest BCUT2D eigenvalue weighted by Gasteiger charge is -2.34. The van der Waals surface area contributed by atoms with E-state index in [4.69, 9.17) is 5.11 Å². The Hall–Kier alpha value is -1.51. The molecular formula is C15H21NO2. The van der Waals surface area contributed by atoms with E-state index in [2.05, 4.69) is 19.2 Å². The molecule has 0 spiro atoms. The van der Waals surface area contributed by atoms with E-state index >= 15 is 0 Å². The molecule has 1 fully saturated rings. The van der Waals surface area contributed by atoms with E-state index in [9.17, 15) is 4.79 Å². The van der Waals surface area contributed by atoms with E-state index in [0.717, 1.165) is 18.0 Å². The molecule has 3 atom stereocenters. The molecule has 0 saturated heterocycles. The maximum absolute atomic E-state index is 11.2. The van der Waals surface area contributed by atoms with Crippen molar-refractivity contribution in [1.29, 1.82) is 0 Å². The van der Waals surface area contributed by atoms with Gasteiger partial charge in [-0.05, 0) is 43.2 Å². The highest BCUT2D eigenvalue weighted by Crippen LogP contribution is 2.31.